The summed E-state index contributed by atoms with van der Waals surface area (Å²) in [6, 6.07) is 0. The first-order chi connectivity index (χ1) is 9.48. The second-order valence-corrected chi connectivity index (χ2v) is 7.97. The molecule has 22 heavy (non-hydrogen) atoms. The van der Waals surface area contributed by atoms with E-state index in [0.717, 1.165) is 16.5 Å². The average molecular weight is 417 g/mol. The van der Waals surface area contributed by atoms with Crippen molar-refractivity contribution in [1.82, 2.24) is 0 Å². The van der Waals surface area contributed by atoms with E-state index in [-0.39, 0.29) is 37.0 Å². The molecule has 3 heteroatoms. The Morgan fingerprint density at radius 3 is 1.09 bits per heavy atom. The molecule has 0 aromatic carbocycles. The van der Waals surface area contributed by atoms with Crippen LogP contribution in [0, 0.1) is 10.8 Å². The minimum absolute atomic E-state index is 0. The number of hydrogen-bond donors (Lipinski definition) is 0. The molecule has 0 N–H and O–H groups in total. The summed E-state index contributed by atoms with van der Waals surface area (Å²) in [6.07, 6.45) is 0.929. The Balaban J connectivity index is 0.00000242. The molecule has 0 amide bonds. The van der Waals surface area contributed by atoms with Crippen molar-refractivity contribution in [3.63, 3.8) is 0 Å². The molecule has 0 saturated carbocycles. The van der Waals surface area contributed by atoms with Crippen LogP contribution in [0.15, 0.2) is 43.5 Å². The third-order valence-corrected chi connectivity index (χ3v) is 7.64. The van der Waals surface area contributed by atoms with Crippen LogP contribution in [0.5, 0.6) is 0 Å². The molecule has 0 heterocycles. The molecule has 0 radical (unpaired) electrons. The van der Waals surface area contributed by atoms with Crippen molar-refractivity contribution in [2.24, 2.45) is 10.8 Å². The third-order valence-electron chi connectivity index (χ3n) is 6.24. The molecule has 2 atom stereocenters. The zero-order valence-electron chi connectivity index (χ0n) is 15.0. The van der Waals surface area contributed by atoms with Crippen molar-refractivity contribution >= 4 is 23.2 Å². The van der Waals surface area contributed by atoms with Crippen LogP contribution < -0.4 is 0 Å². The summed E-state index contributed by atoms with van der Waals surface area (Å²) >= 11 is 13.5. The maximum absolute atomic E-state index is 6.73. The topological polar surface area (TPSA) is 0 Å². The molecule has 120 valence electrons. The van der Waals surface area contributed by atoms with Crippen LogP contribution in [-0.4, -0.2) is 0 Å². The normalized spacial score (nSPS) is 32.5. The zero-order chi connectivity index (χ0) is 16.3. The Hall–Kier alpha value is 0.423. The first-order valence-electron chi connectivity index (χ1n) is 7.59. The van der Waals surface area contributed by atoms with Gasteiger partial charge in [0, 0.05) is 47.1 Å². The molecule has 0 bridgehead atoms. The zero-order valence-corrected chi connectivity index (χ0v) is 18.9. The summed E-state index contributed by atoms with van der Waals surface area (Å²) in [6.45, 7) is 17.5. The van der Waals surface area contributed by atoms with Crippen LogP contribution in [0.4, 0.5) is 0 Å². The molecule has 2 aliphatic rings. The average Bonchev–Trinajstić information content (AvgIpc) is 2.67. The van der Waals surface area contributed by atoms with Crippen molar-refractivity contribution in [2.45, 2.75) is 61.8 Å². The molecule has 2 unspecified atom stereocenters. The van der Waals surface area contributed by atoms with Crippen molar-refractivity contribution in [3.05, 3.63) is 43.5 Å². The van der Waals surface area contributed by atoms with Gasteiger partial charge in [-0.2, -0.15) is 0 Å². The van der Waals surface area contributed by atoms with E-state index in [4.69, 9.17) is 23.2 Å². The quantitative estimate of drug-likeness (QED) is 0.450. The van der Waals surface area contributed by atoms with Crippen molar-refractivity contribution in [3.8, 4) is 0 Å². The predicted octanol–water partition coefficient (Wildman–Crippen LogP) is 7.11. The molecule has 0 fully saturated rings. The van der Waals surface area contributed by atoms with Gasteiger partial charge in [-0.25, -0.2) is 0 Å². The summed E-state index contributed by atoms with van der Waals surface area (Å²) < 4.78 is 0. The molecular formula is C19H26Cl2Zr. The van der Waals surface area contributed by atoms with Crippen LogP contribution in [-0.2, 0) is 26.2 Å². The summed E-state index contributed by atoms with van der Waals surface area (Å²) in [7, 11) is 0. The van der Waals surface area contributed by atoms with Gasteiger partial charge in [0.2, 0.25) is 0 Å². The van der Waals surface area contributed by atoms with Gasteiger partial charge in [-0.15, -0.1) is 0 Å². The minimum atomic E-state index is -0.114. The van der Waals surface area contributed by atoms with Gasteiger partial charge < -0.3 is 0 Å². The van der Waals surface area contributed by atoms with Crippen LogP contribution in [0.1, 0.15) is 61.8 Å². The molecular weight excluding hydrogens is 390 g/mol. The van der Waals surface area contributed by atoms with Crippen LogP contribution >= 0.6 is 23.2 Å². The number of rotatable bonds is 2. The maximum atomic E-state index is 6.73. The number of allylic oxidation sites excluding steroid dienone is 8. The van der Waals surface area contributed by atoms with E-state index in [1.165, 1.54) is 33.4 Å². The van der Waals surface area contributed by atoms with Gasteiger partial charge in [0.15, 0.2) is 0 Å². The Morgan fingerprint density at radius 1 is 0.636 bits per heavy atom. The van der Waals surface area contributed by atoms with E-state index >= 15 is 0 Å². The second-order valence-electron chi connectivity index (χ2n) is 7.22. The SMILES string of the molecule is CC1=C(C)C(C)(CC2(C)C(C)=C(C)C(C)=C2Cl)C(Cl)=C1C.[Zr]. The van der Waals surface area contributed by atoms with Gasteiger partial charge in [-0.05, 0) is 70.3 Å². The maximum Gasteiger partial charge on any atom is 0.0312 e. The van der Waals surface area contributed by atoms with E-state index < -0.39 is 0 Å². The Morgan fingerprint density at radius 2 is 0.909 bits per heavy atom. The largest absolute Gasteiger partial charge is 0.0879 e. The molecule has 2 aliphatic carbocycles. The third kappa shape index (κ3) is 2.60. The Kier molecular flexibility index (Phi) is 5.94. The van der Waals surface area contributed by atoms with Gasteiger partial charge in [0.1, 0.15) is 0 Å². The molecule has 0 aromatic rings. The van der Waals surface area contributed by atoms with Gasteiger partial charge in [0.05, 0.1) is 0 Å². The molecule has 0 nitrogen and oxygen atoms in total. The van der Waals surface area contributed by atoms with Gasteiger partial charge in [-0.3, -0.25) is 0 Å². The van der Waals surface area contributed by atoms with Gasteiger partial charge in [-0.1, -0.05) is 48.2 Å². The van der Waals surface area contributed by atoms with Crippen LogP contribution in [0.25, 0.3) is 0 Å². The second kappa shape index (κ2) is 6.38. The number of hydrogen-bond acceptors (Lipinski definition) is 0. The van der Waals surface area contributed by atoms with E-state index in [9.17, 15) is 0 Å². The summed E-state index contributed by atoms with van der Waals surface area (Å²) in [5.74, 6) is 0. The van der Waals surface area contributed by atoms with E-state index in [2.05, 4.69) is 55.4 Å². The van der Waals surface area contributed by atoms with Gasteiger partial charge in [0.25, 0.3) is 0 Å². The summed E-state index contributed by atoms with van der Waals surface area (Å²) in [5, 5.41) is 1.97. The monoisotopic (exact) mass is 414 g/mol. The van der Waals surface area contributed by atoms with E-state index in [1.54, 1.807) is 0 Å². The molecule has 0 aliphatic heterocycles. The summed E-state index contributed by atoms with van der Waals surface area (Å²) in [4.78, 5) is 0. The predicted molar refractivity (Wildman–Crippen MR) is 94.7 cm³/mol. The molecule has 0 spiro atoms. The smallest absolute Gasteiger partial charge is 0.0312 e. The molecule has 0 saturated heterocycles. The van der Waals surface area contributed by atoms with E-state index in [0.29, 0.717) is 0 Å². The standard InChI is InChI=1S/C19H26Cl2.Zr/c1-10-12(3)16(20)18(7,14(10)5)9-19(8)15(6)11(2)13(4)17(19)21;/h9H2,1-8H3;. The summed E-state index contributed by atoms with van der Waals surface area (Å²) in [5.41, 5.74) is 7.66. The van der Waals surface area contributed by atoms with Crippen molar-refractivity contribution in [1.29, 1.82) is 0 Å². The van der Waals surface area contributed by atoms with Crippen LogP contribution in [0.2, 0.25) is 0 Å². The van der Waals surface area contributed by atoms with Gasteiger partial charge >= 0.3 is 0 Å². The first-order valence-corrected chi connectivity index (χ1v) is 8.34. The Labute approximate surface area is 164 Å². The minimum Gasteiger partial charge on any atom is -0.0879 e. The Bertz CT molecular complexity index is 540. The molecule has 0 aromatic heterocycles. The van der Waals surface area contributed by atoms with Crippen molar-refractivity contribution in [2.75, 3.05) is 0 Å². The van der Waals surface area contributed by atoms with E-state index in [1.807, 2.05) is 0 Å². The fraction of sp³-hybridized carbons (Fsp3) is 0.579. The fourth-order valence-corrected chi connectivity index (χ4v) is 4.70. The van der Waals surface area contributed by atoms with Crippen molar-refractivity contribution < 1.29 is 26.2 Å². The number of halogens is 2. The fourth-order valence-electron chi connectivity index (χ4n) is 4.00. The van der Waals surface area contributed by atoms with Crippen LogP contribution in [0.3, 0.4) is 0 Å². The molecule has 2 rings (SSSR count). The first kappa shape index (κ1) is 20.5.